The molecule has 6 nitrogen and oxygen atoms in total. The maximum atomic E-state index is 12.9. The van der Waals surface area contributed by atoms with Gasteiger partial charge < -0.3 is 9.55 Å². The minimum atomic E-state index is -0.00217. The quantitative estimate of drug-likeness (QED) is 0.256. The van der Waals surface area contributed by atoms with Crippen molar-refractivity contribution in [3.05, 3.63) is 71.0 Å². The molecule has 0 aliphatic rings. The highest BCUT2D eigenvalue weighted by Gasteiger charge is 2.17. The maximum Gasteiger partial charge on any atom is 0.165 e. The minimum Gasteiger partial charge on any atom is -0.360 e. The summed E-state index contributed by atoms with van der Waals surface area (Å²) < 4.78 is 1.97. The molecule has 0 aliphatic heterocycles. The predicted octanol–water partition coefficient (Wildman–Crippen LogP) is 5.73. The zero-order valence-corrected chi connectivity index (χ0v) is 18.7. The molecule has 0 radical (unpaired) electrons. The van der Waals surface area contributed by atoms with Crippen LogP contribution < -0.4 is 0 Å². The molecule has 1 N–H and O–H groups in total. The Hall–Kier alpha value is -3.87. The van der Waals surface area contributed by atoms with Crippen LogP contribution in [0, 0.1) is 22.7 Å². The van der Waals surface area contributed by atoms with Crippen LogP contribution in [0.15, 0.2) is 48.8 Å². The van der Waals surface area contributed by atoms with Crippen LogP contribution in [-0.4, -0.2) is 27.0 Å². The van der Waals surface area contributed by atoms with E-state index in [4.69, 9.17) is 16.9 Å². The summed E-state index contributed by atoms with van der Waals surface area (Å²) in [6.07, 6.45) is 5.37. The summed E-state index contributed by atoms with van der Waals surface area (Å²) in [5, 5.41) is 19.9. The van der Waals surface area contributed by atoms with Crippen LogP contribution >= 0.6 is 11.6 Å². The van der Waals surface area contributed by atoms with Crippen LogP contribution in [0.3, 0.4) is 0 Å². The minimum absolute atomic E-state index is 0.00187. The Morgan fingerprint density at radius 1 is 0.909 bits per heavy atom. The van der Waals surface area contributed by atoms with Crippen molar-refractivity contribution in [1.82, 2.24) is 9.55 Å². The fourth-order valence-corrected chi connectivity index (χ4v) is 4.24. The van der Waals surface area contributed by atoms with Crippen LogP contribution in [-0.2, 0) is 6.54 Å². The van der Waals surface area contributed by atoms with Crippen molar-refractivity contribution in [2.75, 3.05) is 5.88 Å². The largest absolute Gasteiger partial charge is 0.360 e. The summed E-state index contributed by atoms with van der Waals surface area (Å²) in [6.45, 7) is 0.558. The SMILES string of the molecule is N#Cc1ccc2[nH]cc(C(=O)CCCn3cc(C(=O)CCCCl)c4cc(C#N)ccc43)c2c1. The number of nitrogens with zero attached hydrogens (tertiary/aromatic N) is 3. The molecule has 0 spiro atoms. The number of rotatable bonds is 9. The second-order valence-electron chi connectivity index (χ2n) is 7.90. The highest BCUT2D eigenvalue weighted by molar-refractivity contribution is 6.18. The molecule has 33 heavy (non-hydrogen) atoms. The van der Waals surface area contributed by atoms with E-state index in [1.165, 1.54) is 0 Å². The zero-order valence-electron chi connectivity index (χ0n) is 17.9. The van der Waals surface area contributed by atoms with Crippen LogP contribution in [0.25, 0.3) is 21.8 Å². The lowest BCUT2D eigenvalue weighted by atomic mass is 10.0. The number of nitrogens with one attached hydrogen (secondary N) is 1. The highest BCUT2D eigenvalue weighted by Crippen LogP contribution is 2.26. The van der Waals surface area contributed by atoms with Gasteiger partial charge in [-0.25, -0.2) is 0 Å². The highest BCUT2D eigenvalue weighted by atomic mass is 35.5. The van der Waals surface area contributed by atoms with Crippen molar-refractivity contribution in [2.45, 2.75) is 32.2 Å². The predicted molar refractivity (Wildman–Crippen MR) is 128 cm³/mol. The van der Waals surface area contributed by atoms with Gasteiger partial charge in [-0.15, -0.1) is 11.6 Å². The van der Waals surface area contributed by atoms with E-state index in [0.29, 0.717) is 60.4 Å². The smallest absolute Gasteiger partial charge is 0.165 e. The fraction of sp³-hybridized carbons (Fsp3) is 0.231. The van der Waals surface area contributed by atoms with Gasteiger partial charge in [0.1, 0.15) is 0 Å². The molecule has 2 aromatic carbocycles. The van der Waals surface area contributed by atoms with Crippen molar-refractivity contribution >= 4 is 45.0 Å². The van der Waals surface area contributed by atoms with E-state index in [2.05, 4.69) is 17.1 Å². The molecule has 0 fully saturated rings. The number of halogens is 1. The second-order valence-corrected chi connectivity index (χ2v) is 8.27. The monoisotopic (exact) mass is 456 g/mol. The fourth-order valence-electron chi connectivity index (χ4n) is 4.10. The number of hydrogen-bond acceptors (Lipinski definition) is 4. The van der Waals surface area contributed by atoms with E-state index >= 15 is 0 Å². The summed E-state index contributed by atoms with van der Waals surface area (Å²) in [5.74, 6) is 0.412. The van der Waals surface area contributed by atoms with Gasteiger partial charge in [-0.3, -0.25) is 9.59 Å². The molecular weight excluding hydrogens is 436 g/mol. The van der Waals surface area contributed by atoms with E-state index in [0.717, 1.165) is 21.8 Å². The van der Waals surface area contributed by atoms with Gasteiger partial charge in [0.2, 0.25) is 0 Å². The Kier molecular flexibility index (Phi) is 6.58. The number of hydrogen-bond donors (Lipinski definition) is 1. The molecule has 0 bridgehead atoms. The number of carbonyl (C=O) groups is 2. The molecule has 164 valence electrons. The average molecular weight is 457 g/mol. The maximum absolute atomic E-state index is 12.9. The lowest BCUT2D eigenvalue weighted by Crippen LogP contribution is -2.03. The Bertz CT molecular complexity index is 1450. The van der Waals surface area contributed by atoms with E-state index < -0.39 is 0 Å². The molecule has 7 heteroatoms. The molecule has 4 rings (SSSR count). The number of aromatic nitrogens is 2. The van der Waals surface area contributed by atoms with Crippen molar-refractivity contribution in [2.24, 2.45) is 0 Å². The lowest BCUT2D eigenvalue weighted by Gasteiger charge is -2.05. The first kappa shape index (κ1) is 22.3. The summed E-state index contributed by atoms with van der Waals surface area (Å²) in [6, 6.07) is 14.8. The van der Waals surface area contributed by atoms with Gasteiger partial charge in [0, 0.05) is 70.6 Å². The molecule has 4 aromatic rings. The van der Waals surface area contributed by atoms with Gasteiger partial charge >= 0.3 is 0 Å². The van der Waals surface area contributed by atoms with Crippen molar-refractivity contribution in [3.8, 4) is 12.1 Å². The van der Waals surface area contributed by atoms with Crippen LogP contribution in [0.4, 0.5) is 0 Å². The molecular formula is C26H21ClN4O2. The zero-order chi connectivity index (χ0) is 23.4. The molecule has 2 aromatic heterocycles. The number of nitriles is 2. The van der Waals surface area contributed by atoms with Gasteiger partial charge in [-0.05, 0) is 49.2 Å². The Morgan fingerprint density at radius 2 is 1.58 bits per heavy atom. The van der Waals surface area contributed by atoms with E-state index in [9.17, 15) is 14.9 Å². The van der Waals surface area contributed by atoms with Gasteiger partial charge in [-0.1, -0.05) is 0 Å². The number of alkyl halides is 1. The third-order valence-corrected chi connectivity index (χ3v) is 6.03. The molecule has 0 atom stereocenters. The number of Topliss-reactive ketones (excluding diaryl/α,β-unsaturated/α-hetero) is 2. The molecule has 0 saturated carbocycles. The first-order chi connectivity index (χ1) is 16.0. The van der Waals surface area contributed by atoms with E-state index in [1.54, 1.807) is 36.5 Å². The van der Waals surface area contributed by atoms with Crippen LogP contribution in [0.1, 0.15) is 57.5 Å². The summed E-state index contributed by atoms with van der Waals surface area (Å²) >= 11 is 5.75. The molecule has 0 amide bonds. The molecule has 0 saturated heterocycles. The summed E-state index contributed by atoms with van der Waals surface area (Å²) in [4.78, 5) is 28.7. The van der Waals surface area contributed by atoms with Gasteiger partial charge in [0.05, 0.1) is 23.3 Å². The Balaban J connectivity index is 1.54. The normalized spacial score (nSPS) is 10.9. The molecule has 0 aliphatic carbocycles. The third kappa shape index (κ3) is 4.53. The Labute approximate surface area is 196 Å². The third-order valence-electron chi connectivity index (χ3n) is 5.76. The number of H-pyrrole nitrogens is 1. The first-order valence-electron chi connectivity index (χ1n) is 10.7. The number of aromatic amines is 1. The standard InChI is InChI=1S/C26H21ClN4O2/c27-9-1-3-26(33)22-16-31(24-8-6-18(14-29)12-20(22)24)10-2-4-25(32)21-15-30-23-7-5-17(13-28)11-19(21)23/h5-8,11-12,15-16,30H,1-4,9-10H2. The molecule has 2 heterocycles. The number of aryl methyl sites for hydroxylation is 1. The van der Waals surface area contributed by atoms with E-state index in [-0.39, 0.29) is 11.6 Å². The van der Waals surface area contributed by atoms with Crippen LogP contribution in [0.5, 0.6) is 0 Å². The number of carbonyl (C=O) groups excluding carboxylic acids is 2. The van der Waals surface area contributed by atoms with Crippen LogP contribution in [0.2, 0.25) is 0 Å². The van der Waals surface area contributed by atoms with Crippen molar-refractivity contribution < 1.29 is 9.59 Å². The first-order valence-corrected chi connectivity index (χ1v) is 11.3. The second kappa shape index (κ2) is 9.73. The van der Waals surface area contributed by atoms with Crippen molar-refractivity contribution in [3.63, 3.8) is 0 Å². The number of fused-ring (bicyclic) bond motifs is 2. The number of ketones is 2. The van der Waals surface area contributed by atoms with E-state index in [1.807, 2.05) is 16.8 Å². The van der Waals surface area contributed by atoms with Crippen molar-refractivity contribution in [1.29, 1.82) is 10.5 Å². The lowest BCUT2D eigenvalue weighted by molar-refractivity contribution is 0.0972. The number of benzene rings is 2. The average Bonchev–Trinajstić information content (AvgIpc) is 3.43. The topological polar surface area (TPSA) is 102 Å². The molecule has 0 unspecified atom stereocenters. The summed E-state index contributed by atoms with van der Waals surface area (Å²) in [7, 11) is 0. The van der Waals surface area contributed by atoms with Gasteiger partial charge in [0.25, 0.3) is 0 Å². The van der Waals surface area contributed by atoms with Gasteiger partial charge in [-0.2, -0.15) is 10.5 Å². The summed E-state index contributed by atoms with van der Waals surface area (Å²) in [5.41, 5.74) is 3.86. The Morgan fingerprint density at radius 3 is 2.30 bits per heavy atom. The van der Waals surface area contributed by atoms with Gasteiger partial charge in [0.15, 0.2) is 11.6 Å².